The highest BCUT2D eigenvalue weighted by molar-refractivity contribution is 6.33. The number of amides is 1. The summed E-state index contributed by atoms with van der Waals surface area (Å²) in [5, 5.41) is 0.818. The lowest BCUT2D eigenvalue weighted by molar-refractivity contribution is -0.121. The largest absolute Gasteiger partial charge is 0.368 e. The Bertz CT molecular complexity index is 461. The Hall–Kier alpha value is -1.30. The van der Waals surface area contributed by atoms with E-state index < -0.39 is 0 Å². The molecule has 1 saturated heterocycles. The van der Waals surface area contributed by atoms with Crippen LogP contribution in [0.4, 0.5) is 5.69 Å². The molecule has 1 amide bonds. The fourth-order valence-corrected chi connectivity index (χ4v) is 2.87. The second-order valence-corrected chi connectivity index (χ2v) is 5.71. The Morgan fingerprint density at radius 2 is 1.90 bits per heavy atom. The molecule has 0 aromatic heterocycles. The molecule has 1 aliphatic heterocycles. The van der Waals surface area contributed by atoms with Crippen LogP contribution in [0.3, 0.4) is 0 Å². The van der Waals surface area contributed by atoms with Crippen molar-refractivity contribution < 1.29 is 4.79 Å². The summed E-state index contributed by atoms with van der Waals surface area (Å²) in [7, 11) is 0. The number of benzene rings is 1. The fraction of sp³-hybridized carbons (Fsp3) is 0.533. The van der Waals surface area contributed by atoms with Crippen molar-refractivity contribution in [2.75, 3.05) is 37.6 Å². The van der Waals surface area contributed by atoms with Crippen LogP contribution in [0, 0.1) is 0 Å². The van der Waals surface area contributed by atoms with Gasteiger partial charge in [0.15, 0.2) is 0 Å². The number of nitrogens with one attached hydrogen (secondary N) is 1. The normalized spacial score (nSPS) is 16.0. The number of para-hydroxylation sites is 1. The lowest BCUT2D eigenvalue weighted by Gasteiger charge is -2.36. The predicted octanol–water partition coefficient (Wildman–Crippen LogP) is 1.62. The molecule has 1 aromatic rings. The van der Waals surface area contributed by atoms with Gasteiger partial charge in [-0.05, 0) is 31.5 Å². The highest BCUT2D eigenvalue weighted by Gasteiger charge is 2.18. The molecule has 6 heteroatoms. The number of nitrogens with two attached hydrogens (primary N) is 1. The van der Waals surface area contributed by atoms with E-state index in [1.54, 1.807) is 0 Å². The van der Waals surface area contributed by atoms with Crippen molar-refractivity contribution in [1.82, 2.24) is 10.3 Å². The number of hydrogen-bond acceptors (Lipinski definition) is 4. The Labute approximate surface area is 131 Å². The van der Waals surface area contributed by atoms with Crippen molar-refractivity contribution in [3.05, 3.63) is 29.3 Å². The number of unbranched alkanes of at least 4 members (excludes halogenated alkanes) is 1. The molecule has 0 atom stereocenters. The van der Waals surface area contributed by atoms with Crippen molar-refractivity contribution in [1.29, 1.82) is 0 Å². The molecule has 1 aromatic carbocycles. The van der Waals surface area contributed by atoms with Gasteiger partial charge in [0.2, 0.25) is 5.91 Å². The number of anilines is 1. The summed E-state index contributed by atoms with van der Waals surface area (Å²) < 4.78 is 0. The summed E-state index contributed by atoms with van der Waals surface area (Å²) in [6, 6.07) is 7.99. The number of halogens is 1. The topological polar surface area (TPSA) is 61.6 Å². The molecule has 1 fully saturated rings. The zero-order valence-electron chi connectivity index (χ0n) is 12.2. The Morgan fingerprint density at radius 3 is 2.57 bits per heavy atom. The molecular formula is C15H23ClN4O. The highest BCUT2D eigenvalue weighted by Crippen LogP contribution is 2.25. The van der Waals surface area contributed by atoms with Crippen LogP contribution in [0.5, 0.6) is 0 Å². The second kappa shape index (κ2) is 8.22. The monoisotopic (exact) mass is 310 g/mol. The first-order valence-electron chi connectivity index (χ1n) is 7.42. The SMILES string of the molecule is NNC(=O)CCCCN1CCN(c2ccccc2Cl)CC1. The van der Waals surface area contributed by atoms with Gasteiger partial charge in [0, 0.05) is 32.6 Å². The van der Waals surface area contributed by atoms with E-state index in [1.165, 1.54) is 0 Å². The summed E-state index contributed by atoms with van der Waals surface area (Å²) in [6.45, 7) is 5.09. The standard InChI is InChI=1S/C15H23ClN4O/c16-13-5-1-2-6-14(13)20-11-9-19(10-12-20)8-4-3-7-15(21)18-17/h1-2,5-6H,3-4,7-12,17H2,(H,18,21). The number of hydrogen-bond donors (Lipinski definition) is 2. The molecule has 0 spiro atoms. The maximum absolute atomic E-state index is 11.0. The van der Waals surface area contributed by atoms with Gasteiger partial charge in [-0.3, -0.25) is 15.1 Å². The van der Waals surface area contributed by atoms with Gasteiger partial charge in [-0.15, -0.1) is 0 Å². The molecule has 0 aliphatic carbocycles. The Morgan fingerprint density at radius 1 is 1.19 bits per heavy atom. The number of piperazine rings is 1. The molecule has 116 valence electrons. The third kappa shape index (κ3) is 4.88. The quantitative estimate of drug-likeness (QED) is 0.363. The summed E-state index contributed by atoms with van der Waals surface area (Å²) in [5.41, 5.74) is 3.28. The number of hydrazine groups is 1. The van der Waals surface area contributed by atoms with E-state index in [0.29, 0.717) is 6.42 Å². The second-order valence-electron chi connectivity index (χ2n) is 5.30. The van der Waals surface area contributed by atoms with E-state index in [1.807, 2.05) is 18.2 Å². The van der Waals surface area contributed by atoms with E-state index in [4.69, 9.17) is 17.4 Å². The van der Waals surface area contributed by atoms with Crippen LogP contribution < -0.4 is 16.2 Å². The van der Waals surface area contributed by atoms with E-state index in [9.17, 15) is 4.79 Å². The first-order valence-corrected chi connectivity index (χ1v) is 7.80. The van der Waals surface area contributed by atoms with Gasteiger partial charge < -0.3 is 4.90 Å². The van der Waals surface area contributed by atoms with Crippen LogP contribution in [0.2, 0.25) is 5.02 Å². The summed E-state index contributed by atoms with van der Waals surface area (Å²) in [6.07, 6.45) is 2.42. The van der Waals surface area contributed by atoms with Crippen LogP contribution in [-0.2, 0) is 4.79 Å². The van der Waals surface area contributed by atoms with Gasteiger partial charge in [-0.25, -0.2) is 5.84 Å². The van der Waals surface area contributed by atoms with Gasteiger partial charge in [-0.2, -0.15) is 0 Å². The molecule has 3 N–H and O–H groups in total. The average Bonchev–Trinajstić information content (AvgIpc) is 2.52. The number of carbonyl (C=O) groups is 1. The van der Waals surface area contributed by atoms with E-state index in [0.717, 1.165) is 56.3 Å². The molecule has 21 heavy (non-hydrogen) atoms. The van der Waals surface area contributed by atoms with Gasteiger partial charge in [0.25, 0.3) is 0 Å². The Kier molecular flexibility index (Phi) is 6.29. The fourth-order valence-electron chi connectivity index (χ4n) is 2.61. The van der Waals surface area contributed by atoms with Gasteiger partial charge in [-0.1, -0.05) is 23.7 Å². The van der Waals surface area contributed by atoms with E-state index in [-0.39, 0.29) is 5.91 Å². The molecule has 2 rings (SSSR count). The van der Waals surface area contributed by atoms with Crippen LogP contribution >= 0.6 is 11.6 Å². The van der Waals surface area contributed by atoms with E-state index in [2.05, 4.69) is 21.3 Å². The summed E-state index contributed by atoms with van der Waals surface area (Å²) >= 11 is 6.24. The number of rotatable bonds is 6. The molecule has 1 aliphatic rings. The lowest BCUT2D eigenvalue weighted by Crippen LogP contribution is -2.46. The zero-order chi connectivity index (χ0) is 15.1. The minimum absolute atomic E-state index is 0.0847. The predicted molar refractivity (Wildman–Crippen MR) is 86.3 cm³/mol. The summed E-state index contributed by atoms with van der Waals surface area (Å²) in [5.74, 6) is 4.97. The van der Waals surface area contributed by atoms with Crippen molar-refractivity contribution in [2.24, 2.45) is 5.84 Å². The first-order chi connectivity index (χ1) is 10.2. The maximum Gasteiger partial charge on any atom is 0.233 e. The molecule has 0 bridgehead atoms. The maximum atomic E-state index is 11.0. The highest BCUT2D eigenvalue weighted by atomic mass is 35.5. The molecule has 5 nitrogen and oxygen atoms in total. The molecule has 0 saturated carbocycles. The molecule has 0 radical (unpaired) electrons. The Balaban J connectivity index is 1.69. The minimum Gasteiger partial charge on any atom is -0.368 e. The summed E-state index contributed by atoms with van der Waals surface area (Å²) in [4.78, 5) is 15.8. The molecular weight excluding hydrogens is 288 g/mol. The van der Waals surface area contributed by atoms with Gasteiger partial charge >= 0.3 is 0 Å². The molecule has 1 heterocycles. The van der Waals surface area contributed by atoms with E-state index >= 15 is 0 Å². The van der Waals surface area contributed by atoms with Crippen molar-refractivity contribution in [2.45, 2.75) is 19.3 Å². The van der Waals surface area contributed by atoms with Crippen molar-refractivity contribution in [3.63, 3.8) is 0 Å². The average molecular weight is 311 g/mol. The third-order valence-corrected chi connectivity index (χ3v) is 4.17. The van der Waals surface area contributed by atoms with Gasteiger partial charge in [0.1, 0.15) is 0 Å². The van der Waals surface area contributed by atoms with Gasteiger partial charge in [0.05, 0.1) is 10.7 Å². The van der Waals surface area contributed by atoms with Crippen LogP contribution in [-0.4, -0.2) is 43.5 Å². The van der Waals surface area contributed by atoms with Crippen LogP contribution in [0.1, 0.15) is 19.3 Å². The van der Waals surface area contributed by atoms with Crippen molar-refractivity contribution >= 4 is 23.2 Å². The minimum atomic E-state index is -0.0847. The van der Waals surface area contributed by atoms with Crippen LogP contribution in [0.25, 0.3) is 0 Å². The van der Waals surface area contributed by atoms with Crippen molar-refractivity contribution in [3.8, 4) is 0 Å². The smallest absolute Gasteiger partial charge is 0.233 e. The molecule has 0 unspecified atom stereocenters. The lowest BCUT2D eigenvalue weighted by atomic mass is 10.2. The first kappa shape index (κ1) is 16.1. The number of nitrogens with zero attached hydrogens (tertiary/aromatic N) is 2. The third-order valence-electron chi connectivity index (χ3n) is 3.85. The zero-order valence-corrected chi connectivity index (χ0v) is 13.0. The van der Waals surface area contributed by atoms with Crippen LogP contribution in [0.15, 0.2) is 24.3 Å². The number of carbonyl (C=O) groups excluding carboxylic acids is 1.